The lowest BCUT2D eigenvalue weighted by molar-refractivity contribution is -0.385. The molecule has 0 saturated heterocycles. The predicted molar refractivity (Wildman–Crippen MR) is 97.7 cm³/mol. The first-order chi connectivity index (χ1) is 12.1. The molecule has 0 aliphatic carbocycles. The highest BCUT2D eigenvalue weighted by molar-refractivity contribution is 7.16. The molecule has 0 spiro atoms. The number of hydrogen-bond donors (Lipinski definition) is 0. The van der Waals surface area contributed by atoms with E-state index in [0.29, 0.717) is 6.54 Å². The van der Waals surface area contributed by atoms with Crippen molar-refractivity contribution in [1.82, 2.24) is 14.9 Å². The minimum Gasteiger partial charge on any atom is -0.292 e. The van der Waals surface area contributed by atoms with E-state index in [4.69, 9.17) is 0 Å². The van der Waals surface area contributed by atoms with E-state index in [1.807, 2.05) is 5.51 Å². The Morgan fingerprint density at radius 3 is 3.04 bits per heavy atom. The van der Waals surface area contributed by atoms with Gasteiger partial charge in [0.2, 0.25) is 0 Å². The molecule has 0 saturated carbocycles. The second kappa shape index (κ2) is 6.50. The molecule has 0 radical (unpaired) electrons. The number of benzene rings is 1. The Hall–Kier alpha value is -2.38. The van der Waals surface area contributed by atoms with Gasteiger partial charge in [-0.05, 0) is 49.6 Å². The lowest BCUT2D eigenvalue weighted by Gasteiger charge is -2.28. The van der Waals surface area contributed by atoms with E-state index in [1.165, 1.54) is 16.5 Å². The smallest absolute Gasteiger partial charge is 0.287 e. The summed E-state index contributed by atoms with van der Waals surface area (Å²) in [5.74, 6) is 0. The molecule has 0 N–H and O–H groups in total. The molecule has 6 nitrogen and oxygen atoms in total. The fraction of sp³-hybridized carbons (Fsp3) is 0.333. The second-order valence-electron chi connectivity index (χ2n) is 6.39. The third-order valence-corrected chi connectivity index (χ3v) is 5.68. The Labute approximate surface area is 149 Å². The maximum Gasteiger partial charge on any atom is 0.287 e. The zero-order chi connectivity index (χ0) is 17.4. The summed E-state index contributed by atoms with van der Waals surface area (Å²) in [7, 11) is 0. The summed E-state index contributed by atoms with van der Waals surface area (Å²) in [5, 5.41) is 11.1. The molecule has 1 aliphatic heterocycles. The van der Waals surface area contributed by atoms with Crippen LogP contribution in [0.4, 0.5) is 5.69 Å². The lowest BCUT2D eigenvalue weighted by Crippen LogP contribution is -2.26. The summed E-state index contributed by atoms with van der Waals surface area (Å²) in [4.78, 5) is 21.8. The molecule has 0 unspecified atom stereocenters. The minimum absolute atomic E-state index is 0.0668. The highest BCUT2D eigenvalue weighted by Crippen LogP contribution is 2.30. The quantitative estimate of drug-likeness (QED) is 0.523. The van der Waals surface area contributed by atoms with E-state index in [0.717, 1.165) is 36.2 Å². The van der Waals surface area contributed by atoms with Crippen LogP contribution >= 0.6 is 11.3 Å². The number of aromatic nitrogens is 2. The molecule has 0 fully saturated rings. The van der Waals surface area contributed by atoms with Gasteiger partial charge in [-0.2, -0.15) is 0 Å². The van der Waals surface area contributed by atoms with Crippen molar-refractivity contribution in [2.24, 2.45) is 0 Å². The van der Waals surface area contributed by atoms with E-state index in [2.05, 4.69) is 40.0 Å². The van der Waals surface area contributed by atoms with E-state index < -0.39 is 0 Å². The van der Waals surface area contributed by atoms with Crippen molar-refractivity contribution in [3.05, 3.63) is 62.9 Å². The van der Waals surface area contributed by atoms with Crippen LogP contribution < -0.4 is 0 Å². The maximum absolute atomic E-state index is 11.1. The summed E-state index contributed by atoms with van der Waals surface area (Å²) in [6.45, 7) is 3.81. The van der Waals surface area contributed by atoms with Crippen LogP contribution in [0.15, 0.2) is 36.0 Å². The van der Waals surface area contributed by atoms with Crippen LogP contribution in [0.1, 0.15) is 36.2 Å². The molecule has 3 aromatic rings. The average Bonchev–Trinajstić information content (AvgIpc) is 2.98. The zero-order valence-electron chi connectivity index (χ0n) is 13.9. The van der Waals surface area contributed by atoms with Crippen LogP contribution in [0.25, 0.3) is 10.2 Å². The molecule has 25 heavy (non-hydrogen) atoms. The van der Waals surface area contributed by atoms with Gasteiger partial charge in [-0.1, -0.05) is 6.07 Å². The van der Waals surface area contributed by atoms with Gasteiger partial charge in [0, 0.05) is 24.3 Å². The first-order valence-corrected chi connectivity index (χ1v) is 9.19. The molecule has 1 aromatic carbocycles. The molecule has 1 atom stereocenters. The van der Waals surface area contributed by atoms with Crippen molar-refractivity contribution in [3.63, 3.8) is 0 Å². The van der Waals surface area contributed by atoms with Crippen molar-refractivity contribution < 1.29 is 4.92 Å². The fourth-order valence-electron chi connectivity index (χ4n) is 3.41. The molecule has 3 heterocycles. The van der Waals surface area contributed by atoms with Crippen LogP contribution in [0.3, 0.4) is 0 Å². The zero-order valence-corrected chi connectivity index (χ0v) is 14.7. The van der Waals surface area contributed by atoms with Gasteiger partial charge in [0.1, 0.15) is 6.20 Å². The lowest BCUT2D eigenvalue weighted by atomic mass is 10.1. The maximum atomic E-state index is 11.1. The molecule has 0 bridgehead atoms. The van der Waals surface area contributed by atoms with Crippen molar-refractivity contribution >= 4 is 27.2 Å². The summed E-state index contributed by atoms with van der Waals surface area (Å²) in [6.07, 6.45) is 3.23. The molecule has 4 rings (SSSR count). The standard InChI is InChI=1S/C18H18N4O2S/c1-12(13-4-5-18-17(8-13)20-11-25-18)21-6-2-3-16-14(10-21)7-15(9-19-16)22(23)24/h4-5,7-9,11-12H,2-3,6,10H2,1H3/t12-/m1/s1. The largest absolute Gasteiger partial charge is 0.292 e. The molecular weight excluding hydrogens is 336 g/mol. The molecule has 1 aliphatic rings. The van der Waals surface area contributed by atoms with Crippen molar-refractivity contribution in [2.45, 2.75) is 32.4 Å². The van der Waals surface area contributed by atoms with Gasteiger partial charge in [-0.25, -0.2) is 4.98 Å². The molecule has 2 aromatic heterocycles. The highest BCUT2D eigenvalue weighted by Gasteiger charge is 2.23. The van der Waals surface area contributed by atoms with Crippen LogP contribution in [0.2, 0.25) is 0 Å². The van der Waals surface area contributed by atoms with Gasteiger partial charge in [0.15, 0.2) is 0 Å². The first kappa shape index (κ1) is 16.1. The van der Waals surface area contributed by atoms with E-state index in [-0.39, 0.29) is 16.7 Å². The number of rotatable bonds is 3. The third kappa shape index (κ3) is 3.12. The minimum atomic E-state index is -0.373. The van der Waals surface area contributed by atoms with Crippen LogP contribution in [-0.2, 0) is 13.0 Å². The normalized spacial score (nSPS) is 16.4. The Morgan fingerprint density at radius 1 is 1.32 bits per heavy atom. The summed E-state index contributed by atoms with van der Waals surface area (Å²) < 4.78 is 1.19. The SMILES string of the molecule is C[C@H](c1ccc2scnc2c1)N1CCCc2ncc([N+](=O)[O-])cc2C1. The molecule has 128 valence electrons. The monoisotopic (exact) mass is 354 g/mol. The van der Waals surface area contributed by atoms with Gasteiger partial charge >= 0.3 is 0 Å². The summed E-state index contributed by atoms with van der Waals surface area (Å²) >= 11 is 1.64. The van der Waals surface area contributed by atoms with E-state index in [9.17, 15) is 10.1 Å². The van der Waals surface area contributed by atoms with Gasteiger partial charge in [0.25, 0.3) is 5.69 Å². The van der Waals surface area contributed by atoms with Crippen molar-refractivity contribution in [3.8, 4) is 0 Å². The van der Waals surface area contributed by atoms with Gasteiger partial charge in [-0.15, -0.1) is 11.3 Å². The van der Waals surface area contributed by atoms with E-state index in [1.54, 1.807) is 17.4 Å². The summed E-state index contributed by atoms with van der Waals surface area (Å²) in [6, 6.07) is 8.32. The van der Waals surface area contributed by atoms with Gasteiger partial charge in [0.05, 0.1) is 20.7 Å². The number of hydrogen-bond acceptors (Lipinski definition) is 6. The molecule has 0 amide bonds. The number of nitro groups is 1. The summed E-state index contributed by atoms with van der Waals surface area (Å²) in [5.41, 5.74) is 6.13. The van der Waals surface area contributed by atoms with Crippen LogP contribution in [0, 0.1) is 10.1 Å². The highest BCUT2D eigenvalue weighted by atomic mass is 32.1. The fourth-order valence-corrected chi connectivity index (χ4v) is 4.07. The topological polar surface area (TPSA) is 72.2 Å². The number of fused-ring (bicyclic) bond motifs is 2. The van der Waals surface area contributed by atoms with Crippen LogP contribution in [0.5, 0.6) is 0 Å². The third-order valence-electron chi connectivity index (χ3n) is 4.87. The Kier molecular flexibility index (Phi) is 4.19. The first-order valence-electron chi connectivity index (χ1n) is 8.31. The number of aryl methyl sites for hydroxylation is 1. The Bertz CT molecular complexity index is 940. The number of pyridine rings is 1. The van der Waals surface area contributed by atoms with Gasteiger partial charge < -0.3 is 0 Å². The van der Waals surface area contributed by atoms with Crippen LogP contribution in [-0.4, -0.2) is 26.3 Å². The van der Waals surface area contributed by atoms with Gasteiger partial charge in [-0.3, -0.25) is 20.0 Å². The number of nitrogens with zero attached hydrogens (tertiary/aromatic N) is 4. The Morgan fingerprint density at radius 2 is 2.20 bits per heavy atom. The number of thiazole rings is 1. The molecular formula is C18H18N4O2S. The predicted octanol–water partition coefficient (Wildman–Crippen LogP) is 4.11. The molecule has 7 heteroatoms. The second-order valence-corrected chi connectivity index (χ2v) is 7.27. The average molecular weight is 354 g/mol. The van der Waals surface area contributed by atoms with Crippen molar-refractivity contribution in [2.75, 3.05) is 6.54 Å². The van der Waals surface area contributed by atoms with E-state index >= 15 is 0 Å². The van der Waals surface area contributed by atoms with Crippen molar-refractivity contribution in [1.29, 1.82) is 0 Å². The Balaban J connectivity index is 1.63.